The number of sulfonamides is 1. The molecule has 1 aliphatic heterocycles. The highest BCUT2D eigenvalue weighted by molar-refractivity contribution is 7.89. The maximum Gasteiger partial charge on any atom is 0.243 e. The third kappa shape index (κ3) is 2.59. The highest BCUT2D eigenvalue weighted by Gasteiger charge is 2.30. The molecule has 0 radical (unpaired) electrons. The number of hydrogen-bond donors (Lipinski definition) is 1. The quantitative estimate of drug-likeness (QED) is 0.762. The average Bonchev–Trinajstić information content (AvgIpc) is 2.89. The molecule has 3 aromatic rings. The van der Waals surface area contributed by atoms with Crippen molar-refractivity contribution in [1.29, 1.82) is 0 Å². The number of H-pyrrole nitrogens is 1. The standard InChI is InChI=1S/C19H20FN3O2S/c1-22(2)17-9-8-13(26(24,25)23-10-5-11-23)12-15(17)19-18(20)14-6-3-4-7-16(14)21-19/h3-4,6-9,12,21H,5,10-11H2,1-2H3. The van der Waals surface area contributed by atoms with Crippen LogP contribution in [0.1, 0.15) is 6.42 Å². The summed E-state index contributed by atoms with van der Waals surface area (Å²) in [5, 5.41) is 0.489. The molecule has 0 atom stereocenters. The van der Waals surface area contributed by atoms with Crippen molar-refractivity contribution >= 4 is 26.6 Å². The normalized spacial score (nSPS) is 15.2. The van der Waals surface area contributed by atoms with Gasteiger partial charge in [0.2, 0.25) is 10.0 Å². The van der Waals surface area contributed by atoms with Gasteiger partial charge in [-0.2, -0.15) is 4.31 Å². The minimum absolute atomic E-state index is 0.191. The number of fused-ring (bicyclic) bond motifs is 1. The smallest absolute Gasteiger partial charge is 0.243 e. The van der Waals surface area contributed by atoms with Crippen molar-refractivity contribution in [1.82, 2.24) is 9.29 Å². The van der Waals surface area contributed by atoms with E-state index in [9.17, 15) is 8.42 Å². The van der Waals surface area contributed by atoms with Crippen LogP contribution in [-0.2, 0) is 10.0 Å². The molecule has 2 heterocycles. The zero-order chi connectivity index (χ0) is 18.5. The van der Waals surface area contributed by atoms with Gasteiger partial charge in [-0.05, 0) is 36.8 Å². The molecule has 1 N–H and O–H groups in total. The molecule has 4 rings (SSSR count). The van der Waals surface area contributed by atoms with Crippen molar-refractivity contribution in [2.75, 3.05) is 32.1 Å². The van der Waals surface area contributed by atoms with Crippen molar-refractivity contribution in [2.24, 2.45) is 0 Å². The van der Waals surface area contributed by atoms with Gasteiger partial charge in [-0.15, -0.1) is 0 Å². The minimum atomic E-state index is -3.54. The van der Waals surface area contributed by atoms with Gasteiger partial charge >= 0.3 is 0 Å². The van der Waals surface area contributed by atoms with E-state index in [1.807, 2.05) is 25.1 Å². The van der Waals surface area contributed by atoms with Gasteiger partial charge in [0.1, 0.15) is 0 Å². The number of aromatic amines is 1. The molecule has 5 nitrogen and oxygen atoms in total. The minimum Gasteiger partial charge on any atom is -0.377 e. The lowest BCUT2D eigenvalue weighted by molar-refractivity contribution is 0.309. The van der Waals surface area contributed by atoms with Crippen molar-refractivity contribution in [3.05, 3.63) is 48.3 Å². The van der Waals surface area contributed by atoms with Crippen LogP contribution in [0.4, 0.5) is 10.1 Å². The molecule has 0 saturated carbocycles. The number of nitrogens with zero attached hydrogens (tertiary/aromatic N) is 2. The molecule has 2 aromatic carbocycles. The van der Waals surface area contributed by atoms with E-state index in [4.69, 9.17) is 0 Å². The number of halogens is 1. The molecule has 1 fully saturated rings. The Morgan fingerprint density at radius 3 is 2.46 bits per heavy atom. The van der Waals surface area contributed by atoms with Crippen LogP contribution in [0, 0.1) is 5.82 Å². The fourth-order valence-electron chi connectivity index (χ4n) is 3.24. The number of benzene rings is 2. The molecular weight excluding hydrogens is 353 g/mol. The Bertz CT molecular complexity index is 1090. The molecule has 0 unspecified atom stereocenters. The largest absolute Gasteiger partial charge is 0.377 e. The summed E-state index contributed by atoms with van der Waals surface area (Å²) in [5.41, 5.74) is 2.26. The third-order valence-corrected chi connectivity index (χ3v) is 6.71. The molecule has 26 heavy (non-hydrogen) atoms. The van der Waals surface area contributed by atoms with Crippen LogP contribution in [0.15, 0.2) is 47.4 Å². The Hall–Kier alpha value is -2.38. The summed E-state index contributed by atoms with van der Waals surface area (Å²) in [6, 6.07) is 12.0. The van der Waals surface area contributed by atoms with Crippen LogP contribution in [0.5, 0.6) is 0 Å². The molecule has 1 saturated heterocycles. The summed E-state index contributed by atoms with van der Waals surface area (Å²) in [7, 11) is 0.161. The summed E-state index contributed by atoms with van der Waals surface area (Å²) in [6.45, 7) is 1.07. The first-order chi connectivity index (χ1) is 12.4. The molecule has 136 valence electrons. The second kappa shape index (κ2) is 6.10. The van der Waals surface area contributed by atoms with Gasteiger partial charge in [0.05, 0.1) is 10.6 Å². The SMILES string of the molecule is CN(C)c1ccc(S(=O)(=O)N2CCC2)cc1-c1[nH]c2ccccc2c1F. The second-order valence-electron chi connectivity index (χ2n) is 6.69. The van der Waals surface area contributed by atoms with Crippen LogP contribution in [0.3, 0.4) is 0 Å². The van der Waals surface area contributed by atoms with E-state index in [2.05, 4.69) is 4.98 Å². The lowest BCUT2D eigenvalue weighted by Gasteiger charge is -2.30. The van der Waals surface area contributed by atoms with Crippen LogP contribution in [-0.4, -0.2) is 44.9 Å². The predicted octanol–water partition coefficient (Wildman–Crippen LogP) is 3.43. The van der Waals surface area contributed by atoms with Gasteiger partial charge in [-0.25, -0.2) is 12.8 Å². The van der Waals surface area contributed by atoms with E-state index in [0.717, 1.165) is 12.1 Å². The summed E-state index contributed by atoms with van der Waals surface area (Å²) < 4.78 is 41.9. The van der Waals surface area contributed by atoms with E-state index in [0.29, 0.717) is 35.2 Å². The van der Waals surface area contributed by atoms with Crippen LogP contribution in [0.2, 0.25) is 0 Å². The Labute approximate surface area is 152 Å². The summed E-state index contributed by atoms with van der Waals surface area (Å²) in [6.07, 6.45) is 0.874. The molecule has 0 aliphatic carbocycles. The highest BCUT2D eigenvalue weighted by Crippen LogP contribution is 2.37. The van der Waals surface area contributed by atoms with Gasteiger partial charge in [0.15, 0.2) is 5.82 Å². The van der Waals surface area contributed by atoms with Crippen molar-refractivity contribution in [3.8, 4) is 11.3 Å². The molecule has 0 amide bonds. The second-order valence-corrected chi connectivity index (χ2v) is 8.63. The number of para-hydroxylation sites is 1. The Morgan fingerprint density at radius 2 is 1.85 bits per heavy atom. The van der Waals surface area contributed by atoms with Crippen molar-refractivity contribution in [2.45, 2.75) is 11.3 Å². The maximum atomic E-state index is 15.0. The van der Waals surface area contributed by atoms with Crippen molar-refractivity contribution in [3.63, 3.8) is 0 Å². The van der Waals surface area contributed by atoms with Crippen molar-refractivity contribution < 1.29 is 12.8 Å². The molecule has 0 bridgehead atoms. The third-order valence-electron chi connectivity index (χ3n) is 4.81. The summed E-state index contributed by atoms with van der Waals surface area (Å²) in [4.78, 5) is 5.14. The first-order valence-corrected chi connectivity index (χ1v) is 9.91. The van der Waals surface area contributed by atoms with Crippen LogP contribution in [0.25, 0.3) is 22.2 Å². The number of anilines is 1. The number of nitrogens with one attached hydrogen (secondary N) is 1. The Morgan fingerprint density at radius 1 is 1.12 bits per heavy atom. The molecule has 1 aromatic heterocycles. The number of hydrogen-bond acceptors (Lipinski definition) is 3. The molecule has 7 heteroatoms. The fraction of sp³-hybridized carbons (Fsp3) is 0.263. The summed E-state index contributed by atoms with van der Waals surface area (Å²) >= 11 is 0. The monoisotopic (exact) mass is 373 g/mol. The van der Waals surface area contributed by atoms with E-state index < -0.39 is 10.0 Å². The molecular formula is C19H20FN3O2S. The predicted molar refractivity (Wildman–Crippen MR) is 101 cm³/mol. The van der Waals surface area contributed by atoms with Gasteiger partial charge in [0, 0.05) is 49.3 Å². The van der Waals surface area contributed by atoms with Crippen LogP contribution < -0.4 is 4.90 Å². The van der Waals surface area contributed by atoms with Gasteiger partial charge in [-0.3, -0.25) is 0 Å². The van der Waals surface area contributed by atoms with Crippen LogP contribution >= 0.6 is 0 Å². The molecule has 1 aliphatic rings. The van der Waals surface area contributed by atoms with Gasteiger partial charge in [0.25, 0.3) is 0 Å². The average molecular weight is 373 g/mol. The lowest BCUT2D eigenvalue weighted by atomic mass is 10.1. The van der Waals surface area contributed by atoms with E-state index in [1.54, 1.807) is 36.4 Å². The first kappa shape index (κ1) is 17.1. The Balaban J connectivity index is 1.93. The topological polar surface area (TPSA) is 56.4 Å². The summed E-state index contributed by atoms with van der Waals surface area (Å²) in [5.74, 6) is -0.373. The van der Waals surface area contributed by atoms with Gasteiger partial charge in [-0.1, -0.05) is 12.1 Å². The zero-order valence-corrected chi connectivity index (χ0v) is 15.5. The number of rotatable bonds is 4. The lowest BCUT2D eigenvalue weighted by Crippen LogP contribution is -2.41. The Kier molecular flexibility index (Phi) is 4.00. The zero-order valence-electron chi connectivity index (χ0n) is 14.7. The number of aromatic nitrogens is 1. The maximum absolute atomic E-state index is 15.0. The first-order valence-electron chi connectivity index (χ1n) is 8.47. The van der Waals surface area contributed by atoms with E-state index in [-0.39, 0.29) is 10.7 Å². The highest BCUT2D eigenvalue weighted by atomic mass is 32.2. The van der Waals surface area contributed by atoms with E-state index >= 15 is 4.39 Å². The van der Waals surface area contributed by atoms with Gasteiger partial charge < -0.3 is 9.88 Å². The van der Waals surface area contributed by atoms with E-state index in [1.165, 1.54) is 4.31 Å². The fourth-order valence-corrected chi connectivity index (χ4v) is 4.78. The molecule has 0 spiro atoms.